The quantitative estimate of drug-likeness (QED) is 0.0903. The molecule has 0 atom stereocenters. The van der Waals surface area contributed by atoms with E-state index in [2.05, 4.69) is 30.7 Å². The van der Waals surface area contributed by atoms with Crippen molar-refractivity contribution in [3.05, 3.63) is 41.7 Å². The Kier molecular flexibility index (Phi) is 9.88. The summed E-state index contributed by atoms with van der Waals surface area (Å²) < 4.78 is 35.1. The fourth-order valence-electron chi connectivity index (χ4n) is 2.73. The predicted molar refractivity (Wildman–Crippen MR) is 124 cm³/mol. The summed E-state index contributed by atoms with van der Waals surface area (Å²) >= 11 is 1.01. The van der Waals surface area contributed by atoms with Gasteiger partial charge in [-0.1, -0.05) is 28.7 Å². The zero-order chi connectivity index (χ0) is 25.0. The third kappa shape index (κ3) is 8.91. The molecule has 0 radical (unpaired) electrons. The van der Waals surface area contributed by atoms with Gasteiger partial charge in [0.25, 0.3) is 0 Å². The first-order valence-electron chi connectivity index (χ1n) is 10.4. The number of carbonyl (C=O) groups excluding carboxylic acids is 2. The highest BCUT2D eigenvalue weighted by molar-refractivity contribution is 7.74. The van der Waals surface area contributed by atoms with Gasteiger partial charge < -0.3 is 9.47 Å². The Hall–Kier alpha value is -3.63. The Morgan fingerprint density at radius 2 is 1.89 bits per heavy atom. The van der Waals surface area contributed by atoms with Gasteiger partial charge in [0.15, 0.2) is 0 Å². The molecule has 0 aliphatic heterocycles. The van der Waals surface area contributed by atoms with Crippen LogP contribution in [0.2, 0.25) is 0 Å². The van der Waals surface area contributed by atoms with Crippen molar-refractivity contribution in [2.75, 3.05) is 23.4 Å². The van der Waals surface area contributed by atoms with Crippen LogP contribution in [0.1, 0.15) is 35.8 Å². The first-order valence-corrected chi connectivity index (χ1v) is 12.4. The van der Waals surface area contributed by atoms with Crippen LogP contribution in [0.15, 0.2) is 30.5 Å². The van der Waals surface area contributed by atoms with Gasteiger partial charge in [0, 0.05) is 13.1 Å². The second-order valence-electron chi connectivity index (χ2n) is 6.89. The number of ether oxygens (including phenoxy) is 2. The van der Waals surface area contributed by atoms with E-state index in [1.165, 1.54) is 19.1 Å². The Balaban J connectivity index is 1.31. The van der Waals surface area contributed by atoms with E-state index in [1.54, 1.807) is 23.0 Å². The standard InChI is InChI=1S/C19H23N7O7S2/c1-13(27)33-16-8-3-2-7-15(16)17(28)31-11-9-26-12-14(20-25-26)6-4-5-10-32-23-18-21-22-19(34-18)24-35(29)30/h2-3,7-8,12,35H,4-6,9-11H2,1H3,(H,21,23)(H,22,24,29,30). The Labute approximate surface area is 205 Å². The van der Waals surface area contributed by atoms with Crippen LogP contribution in [-0.4, -0.2) is 58.8 Å². The molecule has 35 heavy (non-hydrogen) atoms. The van der Waals surface area contributed by atoms with Crippen molar-refractivity contribution in [3.8, 4) is 5.75 Å². The Morgan fingerprint density at radius 3 is 2.69 bits per heavy atom. The van der Waals surface area contributed by atoms with Crippen LogP contribution < -0.4 is 14.9 Å². The molecule has 0 aliphatic carbocycles. The van der Waals surface area contributed by atoms with Crippen molar-refractivity contribution >= 4 is 44.4 Å². The van der Waals surface area contributed by atoms with Crippen molar-refractivity contribution in [2.24, 2.45) is 0 Å². The molecule has 188 valence electrons. The van der Waals surface area contributed by atoms with Crippen LogP contribution in [0.3, 0.4) is 0 Å². The van der Waals surface area contributed by atoms with E-state index in [0.717, 1.165) is 29.9 Å². The van der Waals surface area contributed by atoms with Crippen molar-refractivity contribution in [1.29, 1.82) is 0 Å². The van der Waals surface area contributed by atoms with Crippen molar-refractivity contribution in [2.45, 2.75) is 32.7 Å². The molecule has 0 unspecified atom stereocenters. The van der Waals surface area contributed by atoms with E-state index in [9.17, 15) is 18.0 Å². The van der Waals surface area contributed by atoms with E-state index in [-0.39, 0.29) is 23.1 Å². The molecular formula is C19H23N7O7S2. The minimum Gasteiger partial charge on any atom is -0.460 e. The average molecular weight is 526 g/mol. The van der Waals surface area contributed by atoms with Crippen LogP contribution in [0, 0.1) is 0 Å². The van der Waals surface area contributed by atoms with E-state index >= 15 is 0 Å². The van der Waals surface area contributed by atoms with E-state index in [0.29, 0.717) is 24.7 Å². The number of benzene rings is 1. The molecule has 3 aromatic rings. The first-order chi connectivity index (χ1) is 16.9. The van der Waals surface area contributed by atoms with Gasteiger partial charge in [-0.3, -0.25) is 14.4 Å². The maximum absolute atomic E-state index is 12.3. The lowest BCUT2D eigenvalue weighted by atomic mass is 10.2. The molecule has 0 bridgehead atoms. The SMILES string of the molecule is CC(=O)Oc1ccccc1C(=O)OCCn1cc(CCCCONc2nnc(N[SH](=O)=O)s2)nn1. The lowest BCUT2D eigenvalue weighted by Crippen LogP contribution is -2.14. The van der Waals surface area contributed by atoms with Crippen LogP contribution in [0.25, 0.3) is 0 Å². The highest BCUT2D eigenvalue weighted by atomic mass is 32.2. The van der Waals surface area contributed by atoms with Gasteiger partial charge in [-0.15, -0.1) is 15.3 Å². The number of para-hydroxylation sites is 1. The van der Waals surface area contributed by atoms with Crippen LogP contribution in [-0.2, 0) is 38.2 Å². The monoisotopic (exact) mass is 525 g/mol. The van der Waals surface area contributed by atoms with Gasteiger partial charge in [-0.05, 0) is 31.4 Å². The summed E-state index contributed by atoms with van der Waals surface area (Å²) in [5, 5.41) is 16.0. The molecule has 2 N–H and O–H groups in total. The summed E-state index contributed by atoms with van der Waals surface area (Å²) in [4.78, 5) is 28.8. The number of rotatable bonds is 14. The molecule has 0 aliphatic rings. The second kappa shape index (κ2) is 13.3. The van der Waals surface area contributed by atoms with Gasteiger partial charge >= 0.3 is 11.9 Å². The topological polar surface area (TPSA) is 177 Å². The number of nitrogens with one attached hydrogen (secondary N) is 2. The Bertz CT molecular complexity index is 1200. The molecule has 2 aromatic heterocycles. The van der Waals surface area contributed by atoms with Crippen molar-refractivity contribution in [1.82, 2.24) is 25.2 Å². The van der Waals surface area contributed by atoms with E-state index in [4.69, 9.17) is 14.3 Å². The summed E-state index contributed by atoms with van der Waals surface area (Å²) in [6.45, 7) is 2.05. The molecule has 2 heterocycles. The zero-order valence-corrected chi connectivity index (χ0v) is 20.3. The molecule has 0 saturated heterocycles. The normalized spacial score (nSPS) is 10.8. The third-order valence-corrected chi connectivity index (χ3v) is 5.48. The molecule has 14 nitrogen and oxygen atoms in total. The summed E-state index contributed by atoms with van der Waals surface area (Å²) in [6, 6.07) is 6.35. The minimum atomic E-state index is -2.79. The molecule has 0 amide bonds. The van der Waals surface area contributed by atoms with Crippen molar-refractivity contribution in [3.63, 3.8) is 0 Å². The van der Waals surface area contributed by atoms with Crippen molar-refractivity contribution < 1.29 is 32.3 Å². The first kappa shape index (κ1) is 26.0. The number of hydrogen-bond acceptors (Lipinski definition) is 13. The number of anilines is 2. The lowest BCUT2D eigenvalue weighted by molar-refractivity contribution is -0.131. The smallest absolute Gasteiger partial charge is 0.342 e. The maximum Gasteiger partial charge on any atom is 0.342 e. The number of aromatic nitrogens is 5. The summed E-state index contributed by atoms with van der Waals surface area (Å²) in [7, 11) is -2.79. The molecule has 0 spiro atoms. The number of nitrogens with zero attached hydrogens (tertiary/aromatic N) is 5. The molecule has 0 saturated carbocycles. The highest BCUT2D eigenvalue weighted by Crippen LogP contribution is 2.20. The molecule has 1 aromatic carbocycles. The number of thiol groups is 1. The largest absolute Gasteiger partial charge is 0.460 e. The number of unbranched alkanes of at least 4 members (excludes halogenated alkanes) is 1. The third-order valence-electron chi connectivity index (χ3n) is 4.20. The summed E-state index contributed by atoms with van der Waals surface area (Å²) in [6.07, 6.45) is 3.98. The van der Waals surface area contributed by atoms with E-state index in [1.807, 2.05) is 0 Å². The van der Waals surface area contributed by atoms with Crippen LogP contribution in [0.4, 0.5) is 10.3 Å². The molecule has 0 fully saturated rings. The minimum absolute atomic E-state index is 0.0731. The number of esters is 2. The van der Waals surface area contributed by atoms with Gasteiger partial charge in [-0.25, -0.2) is 23.4 Å². The number of aryl methyl sites for hydroxylation is 1. The average Bonchev–Trinajstić information content (AvgIpc) is 3.45. The zero-order valence-electron chi connectivity index (χ0n) is 18.6. The fraction of sp³-hybridized carbons (Fsp3) is 0.368. The summed E-state index contributed by atoms with van der Waals surface area (Å²) in [5.41, 5.74) is 3.56. The number of carbonyl (C=O) groups is 2. The number of hydrogen-bond donors (Lipinski definition) is 3. The highest BCUT2D eigenvalue weighted by Gasteiger charge is 2.15. The van der Waals surface area contributed by atoms with Gasteiger partial charge in [0.05, 0.1) is 18.8 Å². The van der Waals surface area contributed by atoms with E-state index < -0.39 is 22.8 Å². The van der Waals surface area contributed by atoms with Gasteiger partial charge in [0.2, 0.25) is 21.2 Å². The molecule has 16 heteroatoms. The van der Waals surface area contributed by atoms with Gasteiger partial charge in [-0.2, -0.15) is 0 Å². The molecular weight excluding hydrogens is 502 g/mol. The van der Waals surface area contributed by atoms with Gasteiger partial charge in [0.1, 0.15) is 17.9 Å². The lowest BCUT2D eigenvalue weighted by Gasteiger charge is -2.08. The fourth-order valence-corrected chi connectivity index (χ4v) is 3.79. The Morgan fingerprint density at radius 1 is 1.09 bits per heavy atom. The summed E-state index contributed by atoms with van der Waals surface area (Å²) in [5.74, 6) is -0.976. The second-order valence-corrected chi connectivity index (χ2v) is 8.60. The maximum atomic E-state index is 12.3. The van der Waals surface area contributed by atoms with Crippen LogP contribution in [0.5, 0.6) is 5.75 Å². The van der Waals surface area contributed by atoms with Crippen LogP contribution >= 0.6 is 11.3 Å². The predicted octanol–water partition coefficient (Wildman–Crippen LogP) is 1.22. The molecule has 3 rings (SSSR count).